The molecule has 1 fully saturated rings. The van der Waals surface area contributed by atoms with E-state index in [4.69, 9.17) is 25.0 Å². The summed E-state index contributed by atoms with van der Waals surface area (Å²) >= 11 is 0. The lowest BCUT2D eigenvalue weighted by Gasteiger charge is -2.22. The van der Waals surface area contributed by atoms with Crippen LogP contribution in [0.4, 0.5) is 11.6 Å². The Morgan fingerprint density at radius 3 is 2.52 bits per heavy atom. The molecular formula is C18H23N6O15P3. The molecule has 24 heteroatoms. The standard InChI is InChI=1S/C18H23N6O15P3/c1-20-9-5-3-2-4-8(9)17(27)37-13-10(6-35-41(31,32)39-42(33,34)38-40(28,29)30)36-16(12(13)25)24-7-21-11-14(24)22-18(19)23-15(11)26/h2-5,7,10,12-13,16,20,25H,6H2,1H3,(H,31,32)(H,33,34)(H2,28,29,30)(H3,19,22,23,26). The number of esters is 1. The Hall–Kier alpha value is -3.03. The number of phosphoric ester groups is 1. The average molecular weight is 656 g/mol. The molecule has 0 radical (unpaired) electrons. The summed E-state index contributed by atoms with van der Waals surface area (Å²) in [6.07, 6.45) is -5.52. The molecule has 3 aromatic rings. The number of carbonyl (C=O) groups excluding carboxylic acids is 1. The zero-order valence-corrected chi connectivity index (χ0v) is 23.7. The van der Waals surface area contributed by atoms with Crippen molar-refractivity contribution in [2.45, 2.75) is 24.5 Å². The van der Waals surface area contributed by atoms with Gasteiger partial charge in [0.15, 0.2) is 23.5 Å². The molecule has 4 rings (SSSR count). The van der Waals surface area contributed by atoms with Crippen LogP contribution < -0.4 is 16.6 Å². The zero-order chi connectivity index (χ0) is 31.0. The van der Waals surface area contributed by atoms with Crippen LogP contribution in [0.15, 0.2) is 35.4 Å². The summed E-state index contributed by atoms with van der Waals surface area (Å²) in [6, 6.07) is 6.11. The first kappa shape index (κ1) is 31.9. The van der Waals surface area contributed by atoms with Gasteiger partial charge < -0.3 is 45.2 Å². The van der Waals surface area contributed by atoms with Crippen molar-refractivity contribution in [2.24, 2.45) is 0 Å². The fraction of sp³-hybridized carbons (Fsp3) is 0.333. The molecule has 0 spiro atoms. The monoisotopic (exact) mass is 656 g/mol. The van der Waals surface area contributed by atoms with Gasteiger partial charge in [0, 0.05) is 12.7 Å². The number of imidazole rings is 1. The fourth-order valence-electron chi connectivity index (χ4n) is 3.90. The van der Waals surface area contributed by atoms with Gasteiger partial charge in [-0.15, -0.1) is 0 Å². The fourth-order valence-corrected chi connectivity index (χ4v) is 6.93. The smallest absolute Gasteiger partial charge is 0.453 e. The second-order valence-electron chi connectivity index (χ2n) is 8.38. The number of anilines is 2. The van der Waals surface area contributed by atoms with Crippen LogP contribution in [-0.4, -0.2) is 82.1 Å². The largest absolute Gasteiger partial charge is 0.490 e. The number of aromatic amines is 1. The number of hydrogen-bond donors (Lipinski definition) is 8. The number of phosphoric acid groups is 3. The summed E-state index contributed by atoms with van der Waals surface area (Å²) in [6.45, 7) is -1.08. The van der Waals surface area contributed by atoms with Crippen molar-refractivity contribution in [2.75, 3.05) is 24.7 Å². The number of nitrogens with two attached hydrogens (primary N) is 1. The number of carbonyl (C=O) groups is 1. The highest BCUT2D eigenvalue weighted by molar-refractivity contribution is 7.66. The lowest BCUT2D eigenvalue weighted by molar-refractivity contribution is -0.0520. The predicted octanol–water partition coefficient (Wildman–Crippen LogP) is -0.429. The molecule has 0 saturated carbocycles. The molecule has 1 aromatic carbocycles. The number of hydrogen-bond acceptors (Lipinski definition) is 15. The average Bonchev–Trinajstić information content (AvgIpc) is 3.41. The molecule has 6 unspecified atom stereocenters. The molecule has 0 bridgehead atoms. The Bertz CT molecular complexity index is 1690. The first-order valence-electron chi connectivity index (χ1n) is 11.3. The van der Waals surface area contributed by atoms with Gasteiger partial charge in [0.2, 0.25) is 5.95 Å². The minimum Gasteiger partial charge on any atom is -0.453 e. The summed E-state index contributed by atoms with van der Waals surface area (Å²) < 4.78 is 59.0. The van der Waals surface area contributed by atoms with E-state index >= 15 is 0 Å². The number of ether oxygens (including phenoxy) is 2. The van der Waals surface area contributed by atoms with Crippen LogP contribution in [0, 0.1) is 0 Å². The SMILES string of the molecule is CNc1ccccc1C(=O)OC1C(COP(=O)(O)OP(=O)(O)OP(=O)(O)O)OC(n2cnc3c(=O)[nH]c(N)nc32)C1O. The van der Waals surface area contributed by atoms with Gasteiger partial charge in [-0.1, -0.05) is 12.1 Å². The van der Waals surface area contributed by atoms with Crippen molar-refractivity contribution >= 4 is 52.2 Å². The molecule has 9 N–H and O–H groups in total. The molecule has 1 aliphatic heterocycles. The second-order valence-corrected chi connectivity index (χ2v) is 12.8. The van der Waals surface area contributed by atoms with Crippen molar-refractivity contribution in [1.29, 1.82) is 0 Å². The van der Waals surface area contributed by atoms with Crippen LogP contribution in [0.5, 0.6) is 0 Å². The van der Waals surface area contributed by atoms with Gasteiger partial charge in [-0.3, -0.25) is 18.9 Å². The lowest BCUT2D eigenvalue weighted by atomic mass is 10.1. The number of nitrogens with one attached hydrogen (secondary N) is 2. The third kappa shape index (κ3) is 7.30. The van der Waals surface area contributed by atoms with E-state index in [1.54, 1.807) is 12.1 Å². The Morgan fingerprint density at radius 1 is 1.17 bits per heavy atom. The van der Waals surface area contributed by atoms with Gasteiger partial charge in [-0.05, 0) is 12.1 Å². The summed E-state index contributed by atoms with van der Waals surface area (Å²) in [5.41, 5.74) is 4.89. The molecule has 0 amide bonds. The number of aliphatic hydroxyl groups excluding tert-OH is 1. The quantitative estimate of drug-likeness (QED) is 0.0958. The van der Waals surface area contributed by atoms with Gasteiger partial charge >= 0.3 is 29.4 Å². The maximum atomic E-state index is 13.0. The number of H-pyrrole nitrogens is 1. The summed E-state index contributed by atoms with van der Waals surface area (Å²) in [5, 5.41) is 13.9. The molecular weight excluding hydrogens is 633 g/mol. The number of aromatic nitrogens is 4. The van der Waals surface area contributed by atoms with E-state index < -0.39 is 66.1 Å². The third-order valence-electron chi connectivity index (χ3n) is 5.51. The number of fused-ring (bicyclic) bond motifs is 1. The van der Waals surface area contributed by atoms with Crippen molar-refractivity contribution < 1.29 is 65.8 Å². The Kier molecular flexibility index (Phi) is 9.06. The molecule has 0 aliphatic carbocycles. The van der Waals surface area contributed by atoms with Gasteiger partial charge in [0.05, 0.1) is 18.5 Å². The Balaban J connectivity index is 1.63. The van der Waals surface area contributed by atoms with Crippen LogP contribution in [-0.2, 0) is 36.3 Å². The number of benzene rings is 1. The van der Waals surface area contributed by atoms with E-state index in [0.29, 0.717) is 5.69 Å². The number of rotatable bonds is 11. The normalized spacial score (nSPS) is 23.8. The van der Waals surface area contributed by atoms with Gasteiger partial charge in [-0.25, -0.2) is 23.5 Å². The maximum absolute atomic E-state index is 13.0. The number of para-hydroxylation sites is 1. The predicted molar refractivity (Wildman–Crippen MR) is 137 cm³/mol. The summed E-state index contributed by atoms with van der Waals surface area (Å²) in [7, 11) is -15.6. The van der Waals surface area contributed by atoms with Crippen molar-refractivity contribution in [3.05, 3.63) is 46.5 Å². The molecule has 3 heterocycles. The molecule has 1 aliphatic rings. The Labute approximate surface area is 233 Å². The van der Waals surface area contributed by atoms with Crippen LogP contribution in [0.2, 0.25) is 0 Å². The highest BCUT2D eigenvalue weighted by Crippen LogP contribution is 2.66. The van der Waals surface area contributed by atoms with Gasteiger partial charge in [0.1, 0.15) is 12.2 Å². The Morgan fingerprint density at radius 2 is 1.86 bits per heavy atom. The van der Waals surface area contributed by atoms with Gasteiger partial charge in [0.25, 0.3) is 5.56 Å². The third-order valence-corrected chi connectivity index (χ3v) is 9.31. The molecule has 6 atom stereocenters. The van der Waals surface area contributed by atoms with E-state index in [1.807, 2.05) is 0 Å². The van der Waals surface area contributed by atoms with Gasteiger partial charge in [-0.2, -0.15) is 13.6 Å². The lowest BCUT2D eigenvalue weighted by Crippen LogP contribution is -2.38. The van der Waals surface area contributed by atoms with Crippen LogP contribution in [0.3, 0.4) is 0 Å². The first-order chi connectivity index (χ1) is 19.5. The van der Waals surface area contributed by atoms with Crippen molar-refractivity contribution in [3.8, 4) is 0 Å². The van der Waals surface area contributed by atoms with Crippen molar-refractivity contribution in [1.82, 2.24) is 19.5 Å². The van der Waals surface area contributed by atoms with Crippen molar-refractivity contribution in [3.63, 3.8) is 0 Å². The second kappa shape index (κ2) is 11.9. The first-order valence-corrected chi connectivity index (χ1v) is 15.8. The van der Waals surface area contributed by atoms with E-state index in [2.05, 4.69) is 33.4 Å². The van der Waals surface area contributed by atoms with Crippen LogP contribution in [0.25, 0.3) is 11.2 Å². The van der Waals surface area contributed by atoms with E-state index in [9.17, 15) is 38.2 Å². The van der Waals surface area contributed by atoms with E-state index in [1.165, 1.54) is 19.2 Å². The van der Waals surface area contributed by atoms with E-state index in [0.717, 1.165) is 10.9 Å². The minimum absolute atomic E-state index is 0.0244. The topological polar surface area (TPSA) is 317 Å². The highest BCUT2D eigenvalue weighted by Gasteiger charge is 2.50. The minimum atomic E-state index is -5.83. The van der Waals surface area contributed by atoms with Crippen LogP contribution in [0.1, 0.15) is 16.6 Å². The van der Waals surface area contributed by atoms with Crippen LogP contribution >= 0.6 is 23.5 Å². The number of aliphatic hydroxyl groups is 1. The molecule has 21 nitrogen and oxygen atoms in total. The maximum Gasteiger partial charge on any atom is 0.490 e. The summed E-state index contributed by atoms with van der Waals surface area (Å²) in [5.74, 6) is -1.29. The van der Waals surface area contributed by atoms with E-state index in [-0.39, 0.29) is 22.7 Å². The molecule has 1 saturated heterocycles. The molecule has 2 aromatic heterocycles. The molecule has 230 valence electrons. The zero-order valence-electron chi connectivity index (χ0n) is 21.0. The number of nitrogens with zero attached hydrogens (tertiary/aromatic N) is 3. The number of nitrogen functional groups attached to an aromatic ring is 1. The molecule has 42 heavy (non-hydrogen) atoms. The highest BCUT2D eigenvalue weighted by atomic mass is 31.3. The summed E-state index contributed by atoms with van der Waals surface area (Å²) in [4.78, 5) is 71.9.